The van der Waals surface area contributed by atoms with Gasteiger partial charge in [0.2, 0.25) is 0 Å². The molecule has 7 nitrogen and oxygen atoms in total. The van der Waals surface area contributed by atoms with E-state index in [9.17, 15) is 4.79 Å². The molecule has 1 fully saturated rings. The molecule has 0 saturated carbocycles. The summed E-state index contributed by atoms with van der Waals surface area (Å²) in [7, 11) is 1.62. The summed E-state index contributed by atoms with van der Waals surface area (Å²) in [5.74, 6) is 1.82. The van der Waals surface area contributed by atoms with Gasteiger partial charge >= 0.3 is 6.03 Å². The first-order valence-electron chi connectivity index (χ1n) is 13.1. The zero-order chi connectivity index (χ0) is 27.5. The number of methoxy groups -OCH3 is 1. The number of amidine groups is 1. The van der Waals surface area contributed by atoms with Crippen molar-refractivity contribution in [3.63, 3.8) is 0 Å². The summed E-state index contributed by atoms with van der Waals surface area (Å²) in [5.41, 5.74) is 2.61. The fourth-order valence-electron chi connectivity index (χ4n) is 5.03. The van der Waals surface area contributed by atoms with Crippen molar-refractivity contribution < 1.29 is 14.3 Å². The number of urea groups is 1. The Bertz CT molecular complexity index is 1340. The summed E-state index contributed by atoms with van der Waals surface area (Å²) < 4.78 is 11.7. The van der Waals surface area contributed by atoms with E-state index in [4.69, 9.17) is 37.7 Å². The molecule has 0 aliphatic carbocycles. The fraction of sp³-hybridized carbons (Fsp3) is 0.333. The first-order chi connectivity index (χ1) is 18.9. The Morgan fingerprint density at radius 2 is 1.56 bits per heavy atom. The molecule has 3 aromatic carbocycles. The van der Waals surface area contributed by atoms with Crippen LogP contribution < -0.4 is 14.8 Å². The number of amides is 2. The molecule has 0 spiro atoms. The molecule has 2 aliphatic heterocycles. The van der Waals surface area contributed by atoms with E-state index in [0.717, 1.165) is 29.8 Å². The maximum absolute atomic E-state index is 14.4. The lowest BCUT2D eigenvalue weighted by molar-refractivity contribution is 0.157. The van der Waals surface area contributed by atoms with Crippen LogP contribution >= 0.6 is 23.2 Å². The molecule has 1 N–H and O–H groups in total. The average molecular weight is 568 g/mol. The van der Waals surface area contributed by atoms with Gasteiger partial charge in [-0.25, -0.2) is 4.79 Å². The number of benzene rings is 3. The monoisotopic (exact) mass is 566 g/mol. The number of carbonyl (C=O) groups excluding carboxylic acids is 1. The number of aliphatic imine (C=N–C) groups is 1. The van der Waals surface area contributed by atoms with Gasteiger partial charge in [0, 0.05) is 42.3 Å². The summed E-state index contributed by atoms with van der Waals surface area (Å²) in [6.45, 7) is 6.64. The van der Waals surface area contributed by atoms with Crippen LogP contribution in [-0.2, 0) is 0 Å². The van der Waals surface area contributed by atoms with E-state index in [2.05, 4.69) is 5.32 Å². The summed E-state index contributed by atoms with van der Waals surface area (Å²) in [6, 6.07) is 20.0. The van der Waals surface area contributed by atoms with Gasteiger partial charge in [-0.2, -0.15) is 0 Å². The molecule has 9 heteroatoms. The molecule has 0 aromatic heterocycles. The van der Waals surface area contributed by atoms with Crippen LogP contribution in [0.25, 0.3) is 0 Å². The van der Waals surface area contributed by atoms with Gasteiger partial charge in [0.15, 0.2) is 0 Å². The molecule has 0 bridgehead atoms. The molecule has 2 heterocycles. The molecule has 2 aliphatic rings. The molecule has 204 valence electrons. The second-order valence-corrected chi connectivity index (χ2v) is 10.7. The summed E-state index contributed by atoms with van der Waals surface area (Å²) in [6.07, 6.45) is -0.0886. The van der Waals surface area contributed by atoms with Crippen molar-refractivity contribution in [2.24, 2.45) is 4.99 Å². The molecule has 0 unspecified atom stereocenters. The van der Waals surface area contributed by atoms with Crippen molar-refractivity contribution in [1.29, 1.82) is 0 Å². The topological polar surface area (TPSA) is 66.4 Å². The Hall–Kier alpha value is -3.26. The third-order valence-electron chi connectivity index (χ3n) is 6.88. The maximum Gasteiger partial charge on any atom is 0.326 e. The van der Waals surface area contributed by atoms with Gasteiger partial charge in [-0.15, -0.1) is 0 Å². The Labute approximate surface area is 239 Å². The van der Waals surface area contributed by atoms with Gasteiger partial charge in [0.1, 0.15) is 23.4 Å². The molecular weight excluding hydrogens is 535 g/mol. The Balaban J connectivity index is 1.70. The van der Waals surface area contributed by atoms with Gasteiger partial charge in [-0.3, -0.25) is 9.89 Å². The van der Waals surface area contributed by atoms with Crippen LogP contribution in [0.3, 0.4) is 0 Å². The molecule has 39 heavy (non-hydrogen) atoms. The summed E-state index contributed by atoms with van der Waals surface area (Å²) in [5, 5.41) is 4.60. The quantitative estimate of drug-likeness (QED) is 0.377. The fourth-order valence-corrected chi connectivity index (χ4v) is 5.28. The van der Waals surface area contributed by atoms with Crippen molar-refractivity contribution in [2.45, 2.75) is 32.0 Å². The number of nitrogens with zero attached hydrogens (tertiary/aromatic N) is 3. The van der Waals surface area contributed by atoms with Crippen LogP contribution in [0.4, 0.5) is 4.79 Å². The van der Waals surface area contributed by atoms with Gasteiger partial charge < -0.3 is 19.7 Å². The van der Waals surface area contributed by atoms with Crippen molar-refractivity contribution >= 4 is 35.1 Å². The Morgan fingerprint density at radius 3 is 2.15 bits per heavy atom. The smallest absolute Gasteiger partial charge is 0.326 e. The Kier molecular flexibility index (Phi) is 8.31. The zero-order valence-electron chi connectivity index (χ0n) is 22.2. The van der Waals surface area contributed by atoms with Crippen molar-refractivity contribution in [2.75, 3.05) is 33.3 Å². The van der Waals surface area contributed by atoms with Gasteiger partial charge in [0.05, 0.1) is 24.8 Å². The number of hydrogen-bond acceptors (Lipinski definition) is 5. The number of rotatable bonds is 6. The van der Waals surface area contributed by atoms with E-state index in [1.807, 2.05) is 90.4 Å². The van der Waals surface area contributed by atoms with Crippen LogP contribution in [0.2, 0.25) is 10.0 Å². The number of halogens is 2. The molecular formula is C30H32Cl2N4O3. The van der Waals surface area contributed by atoms with E-state index in [-0.39, 0.29) is 18.2 Å². The molecule has 0 radical (unpaired) electrons. The lowest BCUT2D eigenvalue weighted by atomic mass is 9.93. The van der Waals surface area contributed by atoms with Gasteiger partial charge in [0.25, 0.3) is 0 Å². The standard InChI is InChI=1S/C30H32Cl2N4O3/c1-19(2)39-26-18-24(38-3)12-13-25(26)29-34-27(20-4-8-22(31)9-5-20)28(21-6-10-23(32)11-7-21)36(29)30(37)35-16-14-33-15-17-35/h4-13,18-19,27-28,33H,14-17H2,1-3H3/t27-,28-/m1/s1. The van der Waals surface area contributed by atoms with Crippen LogP contribution in [0.15, 0.2) is 71.7 Å². The first kappa shape index (κ1) is 27.3. The molecule has 5 rings (SSSR count). The largest absolute Gasteiger partial charge is 0.497 e. The van der Waals surface area contributed by atoms with Crippen LogP contribution in [-0.4, -0.2) is 61.1 Å². The zero-order valence-corrected chi connectivity index (χ0v) is 23.7. The van der Waals surface area contributed by atoms with E-state index in [1.54, 1.807) is 7.11 Å². The van der Waals surface area contributed by atoms with Gasteiger partial charge in [-0.05, 0) is 61.4 Å². The van der Waals surface area contributed by atoms with E-state index >= 15 is 0 Å². The minimum atomic E-state index is -0.408. The second kappa shape index (κ2) is 11.9. The summed E-state index contributed by atoms with van der Waals surface area (Å²) >= 11 is 12.5. The van der Waals surface area contributed by atoms with Crippen LogP contribution in [0.1, 0.15) is 42.6 Å². The third kappa shape index (κ3) is 5.86. The number of carbonyl (C=O) groups is 1. The SMILES string of the molecule is COc1ccc(C2=N[C@H](c3ccc(Cl)cc3)[C@@H](c3ccc(Cl)cc3)N2C(=O)N2CCNCC2)c(OC(C)C)c1. The number of piperazine rings is 1. The molecule has 2 atom stereocenters. The normalized spacial score (nSPS) is 19.3. The predicted octanol–water partition coefficient (Wildman–Crippen LogP) is 6.36. The number of hydrogen-bond donors (Lipinski definition) is 1. The Morgan fingerprint density at radius 1 is 0.949 bits per heavy atom. The minimum Gasteiger partial charge on any atom is -0.497 e. The highest BCUT2D eigenvalue weighted by atomic mass is 35.5. The lowest BCUT2D eigenvalue weighted by Crippen LogP contribution is -2.53. The number of ether oxygens (including phenoxy) is 2. The molecule has 2 amide bonds. The molecule has 1 saturated heterocycles. The lowest BCUT2D eigenvalue weighted by Gasteiger charge is -2.36. The van der Waals surface area contributed by atoms with Crippen molar-refractivity contribution in [3.8, 4) is 11.5 Å². The third-order valence-corrected chi connectivity index (χ3v) is 7.38. The van der Waals surface area contributed by atoms with Crippen molar-refractivity contribution in [1.82, 2.24) is 15.1 Å². The summed E-state index contributed by atoms with van der Waals surface area (Å²) in [4.78, 5) is 23.3. The minimum absolute atomic E-state index is 0.0886. The van der Waals surface area contributed by atoms with E-state index in [0.29, 0.717) is 40.5 Å². The first-order valence-corrected chi connectivity index (χ1v) is 13.8. The number of nitrogens with one attached hydrogen (secondary N) is 1. The maximum atomic E-state index is 14.4. The highest BCUT2D eigenvalue weighted by Crippen LogP contribution is 2.45. The van der Waals surface area contributed by atoms with Crippen LogP contribution in [0.5, 0.6) is 11.5 Å². The van der Waals surface area contributed by atoms with E-state index in [1.165, 1.54) is 0 Å². The van der Waals surface area contributed by atoms with Gasteiger partial charge in [-0.1, -0.05) is 47.5 Å². The van der Waals surface area contributed by atoms with Crippen molar-refractivity contribution in [3.05, 3.63) is 93.5 Å². The predicted molar refractivity (Wildman–Crippen MR) is 155 cm³/mol. The molecule has 3 aromatic rings. The second-order valence-electron chi connectivity index (χ2n) is 9.86. The highest BCUT2D eigenvalue weighted by Gasteiger charge is 2.44. The highest BCUT2D eigenvalue weighted by molar-refractivity contribution is 6.30. The van der Waals surface area contributed by atoms with E-state index < -0.39 is 6.04 Å². The average Bonchev–Trinajstić information content (AvgIpc) is 3.33. The van der Waals surface area contributed by atoms with Crippen LogP contribution in [0, 0.1) is 0 Å².